The first-order valence-electron chi connectivity index (χ1n) is 11.2. The Bertz CT molecular complexity index is 1110. The van der Waals surface area contributed by atoms with Crippen LogP contribution in [0.1, 0.15) is 53.3 Å². The quantitative estimate of drug-likeness (QED) is 0.425. The maximum atomic E-state index is 12.4. The zero-order valence-corrected chi connectivity index (χ0v) is 20.6. The molecule has 0 atom stereocenters. The van der Waals surface area contributed by atoms with E-state index in [1.54, 1.807) is 12.1 Å². The number of carbonyl (C=O) groups is 2. The number of hydrogen-bond donors (Lipinski definition) is 2. The maximum absolute atomic E-state index is 12.4. The van der Waals surface area contributed by atoms with Crippen LogP contribution in [-0.4, -0.2) is 59.0 Å². The highest BCUT2D eigenvalue weighted by Crippen LogP contribution is 2.35. The van der Waals surface area contributed by atoms with Crippen molar-refractivity contribution in [2.45, 2.75) is 40.7 Å². The van der Waals surface area contributed by atoms with E-state index in [0.29, 0.717) is 27.6 Å². The van der Waals surface area contributed by atoms with Crippen molar-refractivity contribution in [3.8, 4) is 0 Å². The summed E-state index contributed by atoms with van der Waals surface area (Å²) >= 11 is 1.30. The third-order valence-corrected chi connectivity index (χ3v) is 6.45. The molecule has 2 aromatic heterocycles. The molecule has 33 heavy (non-hydrogen) atoms. The zero-order chi connectivity index (χ0) is 24.0. The third-order valence-electron chi connectivity index (χ3n) is 5.27. The molecule has 0 radical (unpaired) electrons. The van der Waals surface area contributed by atoms with Crippen molar-refractivity contribution in [3.05, 3.63) is 46.6 Å². The Morgan fingerprint density at radius 2 is 1.82 bits per heavy atom. The second-order valence-corrected chi connectivity index (χ2v) is 8.90. The number of nitrogens with one attached hydrogen (secondary N) is 2. The van der Waals surface area contributed by atoms with E-state index in [1.165, 1.54) is 17.7 Å². The largest absolute Gasteiger partial charge is 0.459 e. The Morgan fingerprint density at radius 1 is 1.12 bits per heavy atom. The van der Waals surface area contributed by atoms with Crippen molar-refractivity contribution in [1.82, 2.24) is 20.2 Å². The molecule has 2 heterocycles. The van der Waals surface area contributed by atoms with Crippen molar-refractivity contribution in [3.63, 3.8) is 0 Å². The molecule has 1 aromatic carbocycles. The number of hydrogen-bond acceptors (Lipinski definition) is 8. The lowest BCUT2D eigenvalue weighted by atomic mass is 10.1. The molecule has 0 fully saturated rings. The topological polar surface area (TPSA) is 96.5 Å². The van der Waals surface area contributed by atoms with Gasteiger partial charge < -0.3 is 20.3 Å². The van der Waals surface area contributed by atoms with Crippen LogP contribution in [0, 0.1) is 6.92 Å². The number of likely N-dealkylation sites (N-methyl/N-ethyl adjacent to an activating group) is 1. The number of anilines is 2. The summed E-state index contributed by atoms with van der Waals surface area (Å²) in [5.74, 6) is 0.154. The molecule has 176 valence electrons. The van der Waals surface area contributed by atoms with Gasteiger partial charge in [0.25, 0.3) is 5.91 Å². The highest BCUT2D eigenvalue weighted by molar-refractivity contribution is 7.20. The predicted molar refractivity (Wildman–Crippen MR) is 133 cm³/mol. The Labute approximate surface area is 198 Å². The Hall–Kier alpha value is -3.04. The summed E-state index contributed by atoms with van der Waals surface area (Å²) in [6.45, 7) is 13.1. The molecular weight excluding hydrogens is 438 g/mol. The van der Waals surface area contributed by atoms with E-state index in [9.17, 15) is 9.59 Å². The van der Waals surface area contributed by atoms with Gasteiger partial charge in [-0.2, -0.15) is 0 Å². The highest BCUT2D eigenvalue weighted by atomic mass is 32.1. The minimum Gasteiger partial charge on any atom is -0.459 e. The van der Waals surface area contributed by atoms with Gasteiger partial charge in [-0.1, -0.05) is 13.8 Å². The maximum Gasteiger partial charge on any atom is 0.348 e. The van der Waals surface area contributed by atoms with Crippen molar-refractivity contribution in [1.29, 1.82) is 0 Å². The van der Waals surface area contributed by atoms with Gasteiger partial charge in [0.2, 0.25) is 0 Å². The van der Waals surface area contributed by atoms with Gasteiger partial charge in [0, 0.05) is 24.3 Å². The fraction of sp³-hybridized carbons (Fsp3) is 0.417. The number of benzene rings is 1. The van der Waals surface area contributed by atoms with Gasteiger partial charge >= 0.3 is 5.97 Å². The van der Waals surface area contributed by atoms with Crippen LogP contribution in [0.3, 0.4) is 0 Å². The number of ether oxygens (including phenoxy) is 1. The van der Waals surface area contributed by atoms with Crippen LogP contribution in [0.15, 0.2) is 30.6 Å². The molecule has 0 aliphatic rings. The van der Waals surface area contributed by atoms with Gasteiger partial charge in [0.1, 0.15) is 21.9 Å². The lowest BCUT2D eigenvalue weighted by Crippen LogP contribution is -2.34. The Morgan fingerprint density at radius 3 is 2.45 bits per heavy atom. The smallest absolute Gasteiger partial charge is 0.348 e. The molecule has 0 saturated carbocycles. The molecule has 0 bridgehead atoms. The molecule has 0 aliphatic carbocycles. The normalized spacial score (nSPS) is 11.2. The number of rotatable bonds is 10. The van der Waals surface area contributed by atoms with Crippen LogP contribution < -0.4 is 10.6 Å². The number of aryl methyl sites for hydroxylation is 1. The van der Waals surface area contributed by atoms with E-state index < -0.39 is 0 Å². The molecule has 0 spiro atoms. The molecule has 8 nitrogen and oxygen atoms in total. The summed E-state index contributed by atoms with van der Waals surface area (Å²) in [4.78, 5) is 37.1. The molecule has 3 rings (SSSR count). The van der Waals surface area contributed by atoms with E-state index in [4.69, 9.17) is 4.74 Å². The summed E-state index contributed by atoms with van der Waals surface area (Å²) in [6.07, 6.45) is 1.27. The number of esters is 1. The van der Waals surface area contributed by atoms with Crippen molar-refractivity contribution < 1.29 is 14.3 Å². The Kier molecular flexibility index (Phi) is 8.35. The van der Waals surface area contributed by atoms with Crippen molar-refractivity contribution >= 4 is 44.9 Å². The summed E-state index contributed by atoms with van der Waals surface area (Å²) < 4.78 is 5.36. The highest BCUT2D eigenvalue weighted by Gasteiger charge is 2.21. The van der Waals surface area contributed by atoms with Crippen molar-refractivity contribution in [2.24, 2.45) is 0 Å². The van der Waals surface area contributed by atoms with Gasteiger partial charge in [-0.25, -0.2) is 14.8 Å². The summed E-state index contributed by atoms with van der Waals surface area (Å²) in [6, 6.07) is 7.23. The lowest BCUT2D eigenvalue weighted by Gasteiger charge is -2.18. The van der Waals surface area contributed by atoms with Crippen LogP contribution in [0.2, 0.25) is 0 Å². The number of nitrogens with zero attached hydrogens (tertiary/aromatic N) is 3. The first-order chi connectivity index (χ1) is 15.8. The van der Waals surface area contributed by atoms with Crippen LogP contribution >= 0.6 is 11.3 Å². The zero-order valence-electron chi connectivity index (χ0n) is 19.8. The number of carbonyl (C=O) groups excluding carboxylic acids is 2. The second-order valence-electron chi connectivity index (χ2n) is 7.90. The number of aromatic nitrogens is 2. The second kappa shape index (κ2) is 11.2. The van der Waals surface area contributed by atoms with Crippen LogP contribution in [0.25, 0.3) is 10.2 Å². The summed E-state index contributed by atoms with van der Waals surface area (Å²) in [5.41, 5.74) is 2.16. The predicted octanol–water partition coefficient (Wildman–Crippen LogP) is 4.38. The molecule has 9 heteroatoms. The fourth-order valence-electron chi connectivity index (χ4n) is 3.44. The standard InChI is InChI=1S/C24H31N5O3S/c1-6-29(7-2)13-12-25-22(30)17-8-10-18(11-9-17)28-21-19-16(5)20(24(31)32-15(3)4)33-23(19)27-14-26-21/h8-11,14-15H,6-7,12-13H2,1-5H3,(H,25,30)(H,26,27,28). The van der Waals surface area contributed by atoms with Gasteiger partial charge in [-0.15, -0.1) is 11.3 Å². The van der Waals surface area contributed by atoms with E-state index in [0.717, 1.165) is 36.3 Å². The average molecular weight is 470 g/mol. The fourth-order valence-corrected chi connectivity index (χ4v) is 4.47. The number of amides is 1. The van der Waals surface area contributed by atoms with Gasteiger partial charge in [0.05, 0.1) is 11.5 Å². The van der Waals surface area contributed by atoms with Gasteiger partial charge in [-0.3, -0.25) is 4.79 Å². The van der Waals surface area contributed by atoms with E-state index >= 15 is 0 Å². The molecule has 0 saturated heterocycles. The minimum absolute atomic E-state index is 0.0971. The molecular formula is C24H31N5O3S. The summed E-state index contributed by atoms with van der Waals surface area (Å²) in [7, 11) is 0. The minimum atomic E-state index is -0.354. The first kappa shape index (κ1) is 24.6. The Balaban J connectivity index is 1.72. The van der Waals surface area contributed by atoms with Crippen LogP contribution in [-0.2, 0) is 4.74 Å². The van der Waals surface area contributed by atoms with E-state index in [1.807, 2.05) is 32.9 Å². The monoisotopic (exact) mass is 469 g/mol. The van der Waals surface area contributed by atoms with Gasteiger partial charge in [0.15, 0.2) is 0 Å². The molecule has 0 unspecified atom stereocenters. The van der Waals surface area contributed by atoms with E-state index in [2.05, 4.69) is 39.3 Å². The molecule has 3 aromatic rings. The van der Waals surface area contributed by atoms with Crippen molar-refractivity contribution in [2.75, 3.05) is 31.5 Å². The lowest BCUT2D eigenvalue weighted by molar-refractivity contribution is 0.0383. The van der Waals surface area contributed by atoms with Crippen LogP contribution in [0.5, 0.6) is 0 Å². The van der Waals surface area contributed by atoms with Crippen LogP contribution in [0.4, 0.5) is 11.5 Å². The van der Waals surface area contributed by atoms with Gasteiger partial charge in [-0.05, 0) is 63.7 Å². The molecule has 2 N–H and O–H groups in total. The molecule has 0 aliphatic heterocycles. The number of fused-ring (bicyclic) bond motifs is 1. The third kappa shape index (κ3) is 6.06. The first-order valence-corrected chi connectivity index (χ1v) is 12.0. The SMILES string of the molecule is CCN(CC)CCNC(=O)c1ccc(Nc2ncnc3sc(C(=O)OC(C)C)c(C)c23)cc1. The average Bonchev–Trinajstić information content (AvgIpc) is 3.14. The molecule has 1 amide bonds. The number of thiophene rings is 1. The van der Waals surface area contributed by atoms with E-state index in [-0.39, 0.29) is 18.0 Å². The summed E-state index contributed by atoms with van der Waals surface area (Å²) in [5, 5.41) is 7.04.